The van der Waals surface area contributed by atoms with E-state index < -0.39 is 0 Å². The zero-order chi connectivity index (χ0) is 17.2. The molecule has 0 aromatic heterocycles. The molecule has 1 saturated heterocycles. The van der Waals surface area contributed by atoms with E-state index in [4.69, 9.17) is 4.74 Å². The predicted molar refractivity (Wildman–Crippen MR) is 102 cm³/mol. The third-order valence-electron chi connectivity index (χ3n) is 4.59. The third-order valence-corrected chi connectivity index (χ3v) is 4.59. The van der Waals surface area contributed by atoms with Crippen molar-refractivity contribution >= 4 is 11.6 Å². The van der Waals surface area contributed by atoms with Gasteiger partial charge in [0.15, 0.2) is 5.96 Å². The molecule has 0 aliphatic carbocycles. The Balaban J connectivity index is 1.76. The Kier molecular flexibility index (Phi) is 7.89. The van der Waals surface area contributed by atoms with Crippen molar-refractivity contribution in [2.24, 2.45) is 10.9 Å². The quantitative estimate of drug-likeness (QED) is 0.458. The van der Waals surface area contributed by atoms with Gasteiger partial charge in [-0.2, -0.15) is 0 Å². The highest BCUT2D eigenvalue weighted by Gasteiger charge is 2.15. The molecule has 1 aliphatic heterocycles. The maximum absolute atomic E-state index is 5.05. The number of nitrogens with zero attached hydrogens (tertiary/aromatic N) is 2. The number of nitrogens with one attached hydrogen (secondary N) is 2. The molecule has 5 heteroatoms. The summed E-state index contributed by atoms with van der Waals surface area (Å²) in [4.78, 5) is 6.74. The molecule has 134 valence electrons. The molecule has 1 aromatic carbocycles. The minimum Gasteiger partial charge on any atom is -0.385 e. The van der Waals surface area contributed by atoms with Crippen LogP contribution in [0.5, 0.6) is 0 Å². The van der Waals surface area contributed by atoms with Crippen LogP contribution in [0.15, 0.2) is 29.3 Å². The lowest BCUT2D eigenvalue weighted by molar-refractivity contribution is 0.195. The molecule has 2 rings (SSSR count). The highest BCUT2D eigenvalue weighted by Crippen LogP contribution is 2.23. The maximum Gasteiger partial charge on any atom is 0.191 e. The lowest BCUT2D eigenvalue weighted by Crippen LogP contribution is -2.37. The van der Waals surface area contributed by atoms with Crippen LogP contribution in [-0.4, -0.2) is 46.4 Å². The SMILES string of the molecule is CN=C(NCCCOC)NCc1ccc(N2CCC(C)CC2)cc1. The van der Waals surface area contributed by atoms with Gasteiger partial charge in [-0.1, -0.05) is 19.1 Å². The topological polar surface area (TPSA) is 48.9 Å². The first-order chi connectivity index (χ1) is 11.7. The van der Waals surface area contributed by atoms with Gasteiger partial charge in [0, 0.05) is 52.6 Å². The number of aliphatic imine (C=N–C) groups is 1. The molecule has 24 heavy (non-hydrogen) atoms. The molecule has 0 bridgehead atoms. The van der Waals surface area contributed by atoms with E-state index in [9.17, 15) is 0 Å². The fourth-order valence-corrected chi connectivity index (χ4v) is 2.92. The van der Waals surface area contributed by atoms with Crippen LogP contribution in [-0.2, 0) is 11.3 Å². The zero-order valence-corrected chi connectivity index (χ0v) is 15.3. The van der Waals surface area contributed by atoms with Crippen LogP contribution in [0.2, 0.25) is 0 Å². The van der Waals surface area contributed by atoms with Gasteiger partial charge < -0.3 is 20.3 Å². The van der Waals surface area contributed by atoms with E-state index in [1.54, 1.807) is 14.2 Å². The Bertz CT molecular complexity index is 493. The highest BCUT2D eigenvalue weighted by atomic mass is 16.5. The number of benzene rings is 1. The number of hydrogen-bond donors (Lipinski definition) is 2. The van der Waals surface area contributed by atoms with Crippen LogP contribution in [0.4, 0.5) is 5.69 Å². The van der Waals surface area contributed by atoms with Gasteiger partial charge in [-0.25, -0.2) is 0 Å². The molecular formula is C19H32N4O. The summed E-state index contributed by atoms with van der Waals surface area (Å²) in [6.45, 7) is 7.11. The lowest BCUT2D eigenvalue weighted by Gasteiger charge is -2.32. The van der Waals surface area contributed by atoms with Crippen molar-refractivity contribution in [3.8, 4) is 0 Å². The molecule has 1 fully saturated rings. The molecule has 1 heterocycles. The van der Waals surface area contributed by atoms with E-state index in [0.717, 1.165) is 38.0 Å². The number of ether oxygens (including phenoxy) is 1. The molecule has 5 nitrogen and oxygen atoms in total. The van der Waals surface area contributed by atoms with Crippen molar-refractivity contribution in [1.29, 1.82) is 0 Å². The average molecular weight is 332 g/mol. The summed E-state index contributed by atoms with van der Waals surface area (Å²) in [7, 11) is 3.52. The van der Waals surface area contributed by atoms with Gasteiger partial charge in [-0.15, -0.1) is 0 Å². The number of hydrogen-bond acceptors (Lipinski definition) is 3. The van der Waals surface area contributed by atoms with Gasteiger partial charge in [-0.05, 0) is 42.9 Å². The first-order valence-electron chi connectivity index (χ1n) is 9.00. The molecule has 1 aliphatic rings. The van der Waals surface area contributed by atoms with Crippen molar-refractivity contribution in [1.82, 2.24) is 10.6 Å². The summed E-state index contributed by atoms with van der Waals surface area (Å²) in [6.07, 6.45) is 3.57. The summed E-state index contributed by atoms with van der Waals surface area (Å²) >= 11 is 0. The Morgan fingerprint density at radius 2 is 1.92 bits per heavy atom. The Hall–Kier alpha value is -1.75. The van der Waals surface area contributed by atoms with Crippen LogP contribution in [0.3, 0.4) is 0 Å². The maximum atomic E-state index is 5.05. The fraction of sp³-hybridized carbons (Fsp3) is 0.632. The predicted octanol–water partition coefficient (Wildman–Crippen LogP) is 2.62. The largest absolute Gasteiger partial charge is 0.385 e. The van der Waals surface area contributed by atoms with E-state index in [-0.39, 0.29) is 0 Å². The molecule has 0 amide bonds. The smallest absolute Gasteiger partial charge is 0.191 e. The number of anilines is 1. The highest BCUT2D eigenvalue weighted by molar-refractivity contribution is 5.79. The molecule has 1 aromatic rings. The van der Waals surface area contributed by atoms with Gasteiger partial charge >= 0.3 is 0 Å². The summed E-state index contributed by atoms with van der Waals surface area (Å²) in [6, 6.07) is 8.89. The number of rotatable bonds is 7. The summed E-state index contributed by atoms with van der Waals surface area (Å²) < 4.78 is 5.05. The van der Waals surface area contributed by atoms with Gasteiger partial charge in [-0.3, -0.25) is 4.99 Å². The van der Waals surface area contributed by atoms with Gasteiger partial charge in [0.1, 0.15) is 0 Å². The summed E-state index contributed by atoms with van der Waals surface area (Å²) in [5.41, 5.74) is 2.61. The first-order valence-corrected chi connectivity index (χ1v) is 9.00. The van der Waals surface area contributed by atoms with E-state index in [1.807, 2.05) is 0 Å². The van der Waals surface area contributed by atoms with Crippen molar-refractivity contribution in [2.45, 2.75) is 32.7 Å². The van der Waals surface area contributed by atoms with Crippen LogP contribution < -0.4 is 15.5 Å². The molecule has 0 atom stereocenters. The second-order valence-corrected chi connectivity index (χ2v) is 6.53. The Labute approximate surface area is 146 Å². The Morgan fingerprint density at radius 1 is 1.21 bits per heavy atom. The van der Waals surface area contributed by atoms with Crippen LogP contribution in [0, 0.1) is 5.92 Å². The third kappa shape index (κ3) is 6.04. The molecule has 0 spiro atoms. The van der Waals surface area contributed by atoms with Gasteiger partial charge in [0.05, 0.1) is 0 Å². The second kappa shape index (κ2) is 10.2. The van der Waals surface area contributed by atoms with E-state index >= 15 is 0 Å². The summed E-state index contributed by atoms with van der Waals surface area (Å²) in [5, 5.41) is 6.64. The van der Waals surface area contributed by atoms with Crippen LogP contribution >= 0.6 is 0 Å². The van der Waals surface area contributed by atoms with Crippen LogP contribution in [0.1, 0.15) is 31.7 Å². The van der Waals surface area contributed by atoms with Gasteiger partial charge in [0.2, 0.25) is 0 Å². The summed E-state index contributed by atoms with van der Waals surface area (Å²) in [5.74, 6) is 1.70. The molecule has 0 unspecified atom stereocenters. The van der Waals surface area contributed by atoms with Crippen molar-refractivity contribution in [2.75, 3.05) is 45.3 Å². The fourth-order valence-electron chi connectivity index (χ4n) is 2.92. The normalized spacial score (nSPS) is 16.3. The molecule has 2 N–H and O–H groups in total. The minimum absolute atomic E-state index is 0.765. The van der Waals surface area contributed by atoms with E-state index in [1.165, 1.54) is 37.2 Å². The zero-order valence-electron chi connectivity index (χ0n) is 15.3. The molecule has 0 radical (unpaired) electrons. The molecule has 0 saturated carbocycles. The van der Waals surface area contributed by atoms with Crippen LogP contribution in [0.25, 0.3) is 0 Å². The van der Waals surface area contributed by atoms with E-state index in [0.29, 0.717) is 0 Å². The Morgan fingerprint density at radius 3 is 2.54 bits per heavy atom. The minimum atomic E-state index is 0.765. The number of guanidine groups is 1. The number of piperidine rings is 1. The second-order valence-electron chi connectivity index (χ2n) is 6.53. The monoisotopic (exact) mass is 332 g/mol. The lowest BCUT2D eigenvalue weighted by atomic mass is 9.99. The van der Waals surface area contributed by atoms with Gasteiger partial charge in [0.25, 0.3) is 0 Å². The van der Waals surface area contributed by atoms with Crippen molar-refractivity contribution in [3.05, 3.63) is 29.8 Å². The van der Waals surface area contributed by atoms with Crippen molar-refractivity contribution < 1.29 is 4.74 Å². The number of methoxy groups -OCH3 is 1. The average Bonchev–Trinajstić information content (AvgIpc) is 2.62. The molecular weight excluding hydrogens is 300 g/mol. The van der Waals surface area contributed by atoms with E-state index in [2.05, 4.69) is 51.7 Å². The first kappa shape index (κ1) is 18.6. The van der Waals surface area contributed by atoms with Crippen molar-refractivity contribution in [3.63, 3.8) is 0 Å². The standard InChI is InChI=1S/C19H32N4O/c1-16-9-12-23(13-10-16)18-7-5-17(6-8-18)15-22-19(20-2)21-11-4-14-24-3/h5-8,16H,4,9-15H2,1-3H3,(H2,20,21,22).